The van der Waals surface area contributed by atoms with Crippen LogP contribution in [0.1, 0.15) is 0 Å². The monoisotopic (exact) mass is 291 g/mol. The van der Waals surface area contributed by atoms with Crippen molar-refractivity contribution in [1.29, 1.82) is 1.28 Å². The van der Waals surface area contributed by atoms with E-state index in [1.807, 2.05) is 0 Å². The molecule has 0 saturated heterocycles. The standard InChI is InChI=1S/C4H2F6O4P2/c5-3(6,7)1(11)13-16(15)14-2(12)4(8,9)10/h15H2/i15D. The molecule has 0 saturated carbocycles. The first-order chi connectivity index (χ1) is 7.48. The first-order valence-electron chi connectivity index (χ1n) is 3.54. The molecule has 0 heterocycles. The van der Waals surface area contributed by atoms with Gasteiger partial charge in [-0.25, -0.2) is 9.59 Å². The van der Waals surface area contributed by atoms with Crippen molar-refractivity contribution in [2.24, 2.45) is 0 Å². The molecule has 0 rings (SSSR count). The predicted molar refractivity (Wildman–Crippen MR) is 40.9 cm³/mol. The van der Waals surface area contributed by atoms with Gasteiger partial charge in [0.15, 0.2) is 0 Å². The number of alkyl halides is 6. The predicted octanol–water partition coefficient (Wildman–Crippen LogP) is 2.30. The van der Waals surface area contributed by atoms with E-state index in [1.54, 1.807) is 0 Å². The lowest BCUT2D eigenvalue weighted by Gasteiger charge is -2.13. The third-order valence-corrected chi connectivity index (χ3v) is 2.01. The second-order valence-corrected chi connectivity index (χ2v) is 3.98. The maximum Gasteiger partial charge on any atom is 0.491 e. The first-order valence-corrected chi connectivity index (χ1v) is 5.56. The van der Waals surface area contributed by atoms with Gasteiger partial charge >= 0.3 is 32.4 Å². The van der Waals surface area contributed by atoms with Gasteiger partial charge in [-0.1, -0.05) is 0 Å². The highest BCUT2D eigenvalue weighted by molar-refractivity contribution is 8.08. The van der Waals surface area contributed by atoms with Gasteiger partial charge in [0, 0.05) is 0 Å². The molecular weight excluding hydrogens is 288 g/mol. The zero-order valence-corrected chi connectivity index (χ0v) is 8.74. The highest BCUT2D eigenvalue weighted by Crippen LogP contribution is 2.49. The van der Waals surface area contributed by atoms with Crippen LogP contribution in [0.2, 0.25) is 0 Å². The molecule has 4 nitrogen and oxygen atoms in total. The van der Waals surface area contributed by atoms with Crippen molar-refractivity contribution in [3.63, 3.8) is 0 Å². The van der Waals surface area contributed by atoms with E-state index in [2.05, 4.69) is 9.05 Å². The summed E-state index contributed by atoms with van der Waals surface area (Å²) < 4.78 is 83.1. The largest absolute Gasteiger partial charge is 0.491 e. The Morgan fingerprint density at radius 1 is 1.00 bits per heavy atom. The summed E-state index contributed by atoms with van der Waals surface area (Å²) >= 11 is 0. The molecule has 0 aliphatic rings. The van der Waals surface area contributed by atoms with Gasteiger partial charge in [-0.3, -0.25) is 0 Å². The molecule has 0 spiro atoms. The highest BCUT2D eigenvalue weighted by Gasteiger charge is 2.45. The van der Waals surface area contributed by atoms with E-state index in [9.17, 15) is 35.9 Å². The number of carbonyl (C=O) groups excluding carboxylic acids is 2. The fourth-order valence-electron chi connectivity index (χ4n) is 0.273. The fraction of sp³-hybridized carbons (Fsp3) is 0.500. The van der Waals surface area contributed by atoms with Crippen molar-refractivity contribution in [1.82, 2.24) is 0 Å². The van der Waals surface area contributed by atoms with Crippen molar-refractivity contribution in [2.45, 2.75) is 12.4 Å². The van der Waals surface area contributed by atoms with Gasteiger partial charge in [0.05, 0.1) is 1.28 Å². The minimum atomic E-state index is -5.44. The van der Waals surface area contributed by atoms with Gasteiger partial charge < -0.3 is 9.05 Å². The minimum absolute atomic E-state index is 1.48. The number of hydrogen-bond acceptors (Lipinski definition) is 4. The lowest BCUT2D eigenvalue weighted by Crippen LogP contribution is -2.26. The van der Waals surface area contributed by atoms with Crippen LogP contribution in [-0.2, 0) is 18.6 Å². The molecule has 0 fully saturated rings. The van der Waals surface area contributed by atoms with Gasteiger partial charge in [0.1, 0.15) is 0 Å². The van der Waals surface area contributed by atoms with Crippen LogP contribution in [0.5, 0.6) is 0 Å². The summed E-state index contributed by atoms with van der Waals surface area (Å²) in [5.41, 5.74) is 0. The van der Waals surface area contributed by atoms with Gasteiger partial charge in [-0.2, -0.15) is 26.3 Å². The van der Waals surface area contributed by atoms with E-state index >= 15 is 0 Å². The van der Waals surface area contributed by atoms with Crippen LogP contribution in [-0.4, -0.2) is 25.6 Å². The van der Waals surface area contributed by atoms with Gasteiger partial charge in [-0.05, 0) is 8.87 Å². The Morgan fingerprint density at radius 3 is 1.50 bits per heavy atom. The summed E-state index contributed by atoms with van der Waals surface area (Å²) in [7, 11) is -4.69. The third-order valence-electron chi connectivity index (χ3n) is 0.795. The van der Waals surface area contributed by atoms with Gasteiger partial charge in [0.2, 0.25) is 0 Å². The number of hydrogen-bond donors (Lipinski definition) is 0. The quantitative estimate of drug-likeness (QED) is 0.591. The molecule has 94 valence electrons. The Balaban J connectivity index is 4.47. The van der Waals surface area contributed by atoms with E-state index in [-0.39, 0.29) is 0 Å². The summed E-state index contributed by atoms with van der Waals surface area (Å²) in [6.07, 6.45) is -10.9. The molecule has 12 heteroatoms. The maximum atomic E-state index is 11.6. The summed E-state index contributed by atoms with van der Waals surface area (Å²) in [5.74, 6) is -5.64. The lowest BCUT2D eigenvalue weighted by molar-refractivity contribution is -0.193. The minimum Gasteiger partial charge on any atom is -0.397 e. The molecule has 0 aliphatic heterocycles. The molecule has 0 aliphatic carbocycles. The summed E-state index contributed by atoms with van der Waals surface area (Å²) in [4.78, 5) is 20.4. The van der Waals surface area contributed by atoms with E-state index < -0.39 is 41.2 Å². The first kappa shape index (κ1) is 13.4. The van der Waals surface area contributed by atoms with E-state index in [0.717, 1.165) is 0 Å². The van der Waals surface area contributed by atoms with Crippen molar-refractivity contribution in [2.75, 3.05) is 0 Å². The second-order valence-electron chi connectivity index (χ2n) is 2.01. The van der Waals surface area contributed by atoms with Crippen LogP contribution >= 0.6 is 16.9 Å². The molecule has 1 atom stereocenters. The van der Waals surface area contributed by atoms with Crippen LogP contribution in [0.4, 0.5) is 26.3 Å². The van der Waals surface area contributed by atoms with Crippen LogP contribution in [0.15, 0.2) is 0 Å². The van der Waals surface area contributed by atoms with Gasteiger partial charge in [0.25, 0.3) is 0 Å². The van der Waals surface area contributed by atoms with E-state index in [4.69, 9.17) is 1.28 Å². The topological polar surface area (TPSA) is 52.6 Å². The van der Waals surface area contributed by atoms with E-state index in [1.165, 1.54) is 0 Å². The Morgan fingerprint density at radius 2 is 1.31 bits per heavy atom. The Hall–Kier alpha value is -0.620. The number of carbonyl (C=O) groups is 2. The van der Waals surface area contributed by atoms with Crippen molar-refractivity contribution in [3.05, 3.63) is 0 Å². The SMILES string of the molecule is [2H]PP(OC(=O)C(F)(F)F)OC(=O)C(F)(F)F. The lowest BCUT2D eigenvalue weighted by atomic mass is 10.7. The Labute approximate surface area is 88.6 Å². The normalized spacial score (nSPS) is 14.1. The molecule has 1 unspecified atom stereocenters. The Bertz CT molecular complexity index is 275. The van der Waals surface area contributed by atoms with E-state index in [0.29, 0.717) is 0 Å². The maximum absolute atomic E-state index is 11.6. The van der Waals surface area contributed by atoms with Crippen molar-refractivity contribution < 1.29 is 45.0 Å². The number of rotatable bonds is 3. The van der Waals surface area contributed by atoms with Crippen LogP contribution in [0.25, 0.3) is 0 Å². The zero-order valence-electron chi connectivity index (χ0n) is 7.85. The summed E-state index contributed by atoms with van der Waals surface area (Å²) in [6.45, 7) is 0. The van der Waals surface area contributed by atoms with Crippen LogP contribution < -0.4 is 0 Å². The molecule has 0 aromatic rings. The molecule has 0 radical (unpaired) electrons. The smallest absolute Gasteiger partial charge is 0.397 e. The second kappa shape index (κ2) is 5.14. The summed E-state index contributed by atoms with van der Waals surface area (Å²) in [6, 6.07) is 0. The highest BCUT2D eigenvalue weighted by atomic mass is 32.0. The Kier molecular flexibility index (Phi) is 4.32. The molecule has 0 bridgehead atoms. The average molecular weight is 291 g/mol. The molecule has 0 aromatic heterocycles. The van der Waals surface area contributed by atoms with Crippen LogP contribution in [0, 0.1) is 0 Å². The molecule has 0 aromatic carbocycles. The molecule has 0 amide bonds. The third kappa shape index (κ3) is 5.46. The summed E-state index contributed by atoms with van der Waals surface area (Å²) in [5, 5.41) is 0. The zero-order chi connectivity index (χ0) is 13.9. The van der Waals surface area contributed by atoms with Crippen LogP contribution in [0.3, 0.4) is 0 Å². The van der Waals surface area contributed by atoms with Crippen molar-refractivity contribution >= 4 is 28.9 Å². The average Bonchev–Trinajstić information content (AvgIpc) is 2.13. The van der Waals surface area contributed by atoms with Gasteiger partial charge in [-0.15, -0.1) is 0 Å². The van der Waals surface area contributed by atoms with Crippen molar-refractivity contribution in [3.8, 4) is 0 Å². The molecular formula is C4H2F6O4P2. The fourth-order valence-corrected chi connectivity index (χ4v) is 1.32. The number of halogens is 6. The molecule has 16 heavy (non-hydrogen) atoms. The molecule has 0 N–H and O–H groups in total.